The molecule has 20 heavy (non-hydrogen) atoms. The van der Waals surface area contributed by atoms with Gasteiger partial charge in [0, 0.05) is 18.5 Å². The molecule has 2 aromatic heterocycles. The smallest absolute Gasteiger partial charge is 0.256 e. The van der Waals surface area contributed by atoms with Gasteiger partial charge < -0.3 is 10.2 Å². The second-order valence-corrected chi connectivity index (χ2v) is 5.70. The second kappa shape index (κ2) is 6.05. The summed E-state index contributed by atoms with van der Waals surface area (Å²) < 4.78 is 0. The lowest BCUT2D eigenvalue weighted by molar-refractivity contribution is 0.102. The lowest BCUT2D eigenvalue weighted by atomic mass is 10.1. The molecule has 0 atom stereocenters. The van der Waals surface area contributed by atoms with Crippen LogP contribution in [0.1, 0.15) is 29.6 Å². The Morgan fingerprint density at radius 2 is 2.05 bits per heavy atom. The van der Waals surface area contributed by atoms with Crippen LogP contribution in [0.4, 0.5) is 11.5 Å². The van der Waals surface area contributed by atoms with E-state index in [1.54, 1.807) is 6.20 Å². The van der Waals surface area contributed by atoms with Crippen molar-refractivity contribution in [2.45, 2.75) is 19.3 Å². The molecule has 1 saturated heterocycles. The minimum Gasteiger partial charge on any atom is -0.357 e. The van der Waals surface area contributed by atoms with Crippen molar-refractivity contribution in [3.8, 4) is 0 Å². The Labute approximate surface area is 122 Å². The van der Waals surface area contributed by atoms with Gasteiger partial charge in [-0.1, -0.05) is 0 Å². The van der Waals surface area contributed by atoms with Gasteiger partial charge in [-0.2, -0.15) is 11.3 Å². The molecule has 0 aromatic carbocycles. The molecule has 2 aromatic rings. The second-order valence-electron chi connectivity index (χ2n) is 4.92. The standard InChI is InChI=1S/C15H17N3OS/c19-15(12-6-9-20-11-12)17-13-4-5-14(16-10-13)18-7-2-1-3-8-18/h4-6,9-11H,1-3,7-8H2,(H,17,19). The first-order valence-corrected chi connectivity index (χ1v) is 7.82. The summed E-state index contributed by atoms with van der Waals surface area (Å²) in [5.74, 6) is 0.914. The molecule has 0 bridgehead atoms. The predicted octanol–water partition coefficient (Wildman–Crippen LogP) is 3.39. The van der Waals surface area contributed by atoms with Crippen molar-refractivity contribution in [1.29, 1.82) is 0 Å². The van der Waals surface area contributed by atoms with Gasteiger partial charge in [0.25, 0.3) is 5.91 Å². The Bertz CT molecular complexity index is 559. The molecule has 0 radical (unpaired) electrons. The third-order valence-electron chi connectivity index (χ3n) is 3.47. The fourth-order valence-corrected chi connectivity index (χ4v) is 3.00. The van der Waals surface area contributed by atoms with Crippen LogP contribution in [0, 0.1) is 0 Å². The summed E-state index contributed by atoms with van der Waals surface area (Å²) in [6, 6.07) is 5.71. The van der Waals surface area contributed by atoms with E-state index < -0.39 is 0 Å². The lowest BCUT2D eigenvalue weighted by Crippen LogP contribution is -2.30. The van der Waals surface area contributed by atoms with Crippen molar-refractivity contribution in [2.75, 3.05) is 23.3 Å². The third-order valence-corrected chi connectivity index (χ3v) is 4.15. The van der Waals surface area contributed by atoms with Gasteiger partial charge in [0.05, 0.1) is 17.4 Å². The SMILES string of the molecule is O=C(Nc1ccc(N2CCCCC2)nc1)c1ccsc1. The summed E-state index contributed by atoms with van der Waals surface area (Å²) in [5, 5.41) is 6.59. The highest BCUT2D eigenvalue weighted by Gasteiger charge is 2.12. The number of carbonyl (C=O) groups excluding carboxylic acids is 1. The van der Waals surface area contributed by atoms with Crippen LogP contribution in [-0.2, 0) is 0 Å². The van der Waals surface area contributed by atoms with E-state index in [2.05, 4.69) is 15.2 Å². The van der Waals surface area contributed by atoms with Gasteiger partial charge in [-0.3, -0.25) is 4.79 Å². The summed E-state index contributed by atoms with van der Waals surface area (Å²) in [7, 11) is 0. The number of anilines is 2. The minimum atomic E-state index is -0.0845. The average Bonchev–Trinajstić information content (AvgIpc) is 3.03. The summed E-state index contributed by atoms with van der Waals surface area (Å²) >= 11 is 1.52. The van der Waals surface area contributed by atoms with Crippen LogP contribution in [0.3, 0.4) is 0 Å². The number of nitrogens with one attached hydrogen (secondary N) is 1. The summed E-state index contributed by atoms with van der Waals surface area (Å²) in [5.41, 5.74) is 1.43. The number of aromatic nitrogens is 1. The minimum absolute atomic E-state index is 0.0845. The van der Waals surface area contributed by atoms with E-state index >= 15 is 0 Å². The van der Waals surface area contributed by atoms with Gasteiger partial charge >= 0.3 is 0 Å². The monoisotopic (exact) mass is 287 g/mol. The molecule has 0 aliphatic carbocycles. The number of hydrogen-bond donors (Lipinski definition) is 1. The van der Waals surface area contributed by atoms with Gasteiger partial charge in [-0.15, -0.1) is 0 Å². The van der Waals surface area contributed by atoms with E-state index in [-0.39, 0.29) is 5.91 Å². The summed E-state index contributed by atoms with van der Waals surface area (Å²) in [4.78, 5) is 18.7. The zero-order valence-electron chi connectivity index (χ0n) is 11.2. The van der Waals surface area contributed by atoms with E-state index in [9.17, 15) is 4.79 Å². The number of carbonyl (C=O) groups is 1. The third kappa shape index (κ3) is 2.99. The molecule has 0 saturated carbocycles. The highest BCUT2D eigenvalue weighted by molar-refractivity contribution is 7.08. The Morgan fingerprint density at radius 1 is 1.20 bits per heavy atom. The van der Waals surface area contributed by atoms with Crippen LogP contribution in [0.15, 0.2) is 35.2 Å². The average molecular weight is 287 g/mol. The van der Waals surface area contributed by atoms with Crippen LogP contribution in [0.25, 0.3) is 0 Å². The van der Waals surface area contributed by atoms with Crippen molar-refractivity contribution in [3.63, 3.8) is 0 Å². The highest BCUT2D eigenvalue weighted by Crippen LogP contribution is 2.19. The van der Waals surface area contributed by atoms with Crippen molar-refractivity contribution >= 4 is 28.7 Å². The molecule has 4 nitrogen and oxygen atoms in total. The van der Waals surface area contributed by atoms with Crippen molar-refractivity contribution in [2.24, 2.45) is 0 Å². The van der Waals surface area contributed by atoms with Crippen LogP contribution < -0.4 is 10.2 Å². The molecule has 1 aliphatic rings. The molecular formula is C15H17N3OS. The Hall–Kier alpha value is -1.88. The van der Waals surface area contributed by atoms with Gasteiger partial charge in [0.1, 0.15) is 5.82 Å². The van der Waals surface area contributed by atoms with Gasteiger partial charge in [-0.25, -0.2) is 4.98 Å². The normalized spacial score (nSPS) is 15.1. The number of amides is 1. The van der Waals surface area contributed by atoms with E-state index in [1.165, 1.54) is 30.6 Å². The highest BCUT2D eigenvalue weighted by atomic mass is 32.1. The maximum absolute atomic E-state index is 11.9. The number of rotatable bonds is 3. The number of piperidine rings is 1. The molecule has 3 rings (SSSR count). The first kappa shape index (κ1) is 13.1. The predicted molar refractivity (Wildman–Crippen MR) is 82.6 cm³/mol. The van der Waals surface area contributed by atoms with E-state index in [4.69, 9.17) is 0 Å². The Kier molecular flexibility index (Phi) is 3.97. The molecule has 1 amide bonds. The first-order chi connectivity index (χ1) is 9.83. The Balaban J connectivity index is 1.65. The Morgan fingerprint density at radius 3 is 2.70 bits per heavy atom. The maximum Gasteiger partial charge on any atom is 0.256 e. The van der Waals surface area contributed by atoms with Crippen LogP contribution in [0.5, 0.6) is 0 Å². The molecule has 1 N–H and O–H groups in total. The first-order valence-electron chi connectivity index (χ1n) is 6.87. The zero-order valence-corrected chi connectivity index (χ0v) is 12.0. The van der Waals surface area contributed by atoms with Crippen molar-refractivity contribution in [3.05, 3.63) is 40.7 Å². The topological polar surface area (TPSA) is 45.2 Å². The van der Waals surface area contributed by atoms with Gasteiger partial charge in [-0.05, 0) is 42.8 Å². The zero-order chi connectivity index (χ0) is 13.8. The van der Waals surface area contributed by atoms with Gasteiger partial charge in [0.2, 0.25) is 0 Å². The van der Waals surface area contributed by atoms with Crippen molar-refractivity contribution in [1.82, 2.24) is 4.98 Å². The molecule has 104 valence electrons. The fourth-order valence-electron chi connectivity index (χ4n) is 2.37. The van der Waals surface area contributed by atoms with Crippen LogP contribution in [0.2, 0.25) is 0 Å². The lowest BCUT2D eigenvalue weighted by Gasteiger charge is -2.27. The van der Waals surface area contributed by atoms with Crippen molar-refractivity contribution < 1.29 is 4.79 Å². The fraction of sp³-hybridized carbons (Fsp3) is 0.333. The summed E-state index contributed by atoms with van der Waals surface area (Å²) in [6.07, 6.45) is 5.51. The summed E-state index contributed by atoms with van der Waals surface area (Å²) in [6.45, 7) is 2.15. The maximum atomic E-state index is 11.9. The molecular weight excluding hydrogens is 270 g/mol. The van der Waals surface area contributed by atoms with E-state index in [1.807, 2.05) is 29.0 Å². The number of thiophene rings is 1. The van der Waals surface area contributed by atoms with E-state index in [0.717, 1.165) is 24.6 Å². The number of hydrogen-bond acceptors (Lipinski definition) is 4. The molecule has 5 heteroatoms. The number of nitrogens with zero attached hydrogens (tertiary/aromatic N) is 2. The molecule has 0 spiro atoms. The van der Waals surface area contributed by atoms with Gasteiger partial charge in [0.15, 0.2) is 0 Å². The van der Waals surface area contributed by atoms with Crippen LogP contribution in [-0.4, -0.2) is 24.0 Å². The van der Waals surface area contributed by atoms with Crippen LogP contribution >= 0.6 is 11.3 Å². The molecule has 1 aliphatic heterocycles. The molecule has 1 fully saturated rings. The molecule has 0 unspecified atom stereocenters. The molecule has 3 heterocycles. The largest absolute Gasteiger partial charge is 0.357 e. The van der Waals surface area contributed by atoms with E-state index in [0.29, 0.717) is 5.56 Å². The quantitative estimate of drug-likeness (QED) is 0.941. The number of pyridine rings is 1.